The largest absolute Gasteiger partial charge is 0.490 e. The second-order valence-corrected chi connectivity index (χ2v) is 8.87. The number of carbonyl (C=O) groups is 3. The SMILES string of the molecule is CCC(=O)CCCCCC(C(=O)NCCOC)c1ncc(-c2ccc3ccccc3c2)[nH]1.O=C(O)C(F)(F)F. The van der Waals surface area contributed by atoms with Gasteiger partial charge >= 0.3 is 12.1 Å². The third-order valence-corrected chi connectivity index (χ3v) is 5.99. The number of aromatic nitrogens is 2. The number of imidazole rings is 1. The number of benzene rings is 2. The van der Waals surface area contributed by atoms with Crippen LogP contribution < -0.4 is 5.32 Å². The fourth-order valence-corrected chi connectivity index (χ4v) is 3.83. The van der Waals surface area contributed by atoms with E-state index in [0.717, 1.165) is 35.9 Å². The first kappa shape index (κ1) is 31.5. The van der Waals surface area contributed by atoms with Crippen molar-refractivity contribution in [1.29, 1.82) is 0 Å². The van der Waals surface area contributed by atoms with Gasteiger partial charge in [0.1, 0.15) is 11.6 Å². The quantitative estimate of drug-likeness (QED) is 0.237. The third-order valence-electron chi connectivity index (χ3n) is 5.99. The number of nitrogens with zero attached hydrogens (tertiary/aromatic N) is 1. The molecule has 0 aliphatic heterocycles. The number of fused-ring (bicyclic) bond motifs is 1. The van der Waals surface area contributed by atoms with Crippen molar-refractivity contribution in [1.82, 2.24) is 15.3 Å². The molecule has 0 fully saturated rings. The molecule has 0 saturated heterocycles. The maximum atomic E-state index is 12.9. The Hall–Kier alpha value is -3.73. The highest BCUT2D eigenvalue weighted by Crippen LogP contribution is 2.27. The number of ether oxygens (including phenoxy) is 1. The van der Waals surface area contributed by atoms with E-state index in [-0.39, 0.29) is 11.8 Å². The average Bonchev–Trinajstić information content (AvgIpc) is 3.40. The van der Waals surface area contributed by atoms with Crippen molar-refractivity contribution in [3.8, 4) is 11.3 Å². The van der Waals surface area contributed by atoms with Gasteiger partial charge in [-0.05, 0) is 29.7 Å². The summed E-state index contributed by atoms with van der Waals surface area (Å²) in [5.41, 5.74) is 1.94. The molecule has 1 heterocycles. The van der Waals surface area contributed by atoms with Gasteiger partial charge in [0.15, 0.2) is 0 Å². The molecule has 0 bridgehead atoms. The molecule has 1 aromatic heterocycles. The fourth-order valence-electron chi connectivity index (χ4n) is 3.83. The summed E-state index contributed by atoms with van der Waals surface area (Å²) < 4.78 is 36.8. The van der Waals surface area contributed by atoms with E-state index in [0.29, 0.717) is 44.0 Å². The van der Waals surface area contributed by atoms with Gasteiger partial charge < -0.3 is 20.1 Å². The van der Waals surface area contributed by atoms with Crippen molar-refractivity contribution >= 4 is 28.4 Å². The molecular formula is C28H34F3N3O5. The van der Waals surface area contributed by atoms with Crippen LogP contribution in [0.4, 0.5) is 13.2 Å². The van der Waals surface area contributed by atoms with Crippen molar-refractivity contribution in [3.05, 3.63) is 54.5 Å². The zero-order valence-electron chi connectivity index (χ0n) is 22.0. The Morgan fingerprint density at radius 1 is 1.08 bits per heavy atom. The van der Waals surface area contributed by atoms with Crippen LogP contribution >= 0.6 is 0 Å². The molecule has 39 heavy (non-hydrogen) atoms. The van der Waals surface area contributed by atoms with E-state index in [2.05, 4.69) is 45.6 Å². The minimum atomic E-state index is -5.08. The summed E-state index contributed by atoms with van der Waals surface area (Å²) in [4.78, 5) is 41.2. The molecule has 8 nitrogen and oxygen atoms in total. The summed E-state index contributed by atoms with van der Waals surface area (Å²) in [6.07, 6.45) is 1.27. The Morgan fingerprint density at radius 3 is 2.41 bits per heavy atom. The number of nitrogens with one attached hydrogen (secondary N) is 2. The molecule has 3 N–H and O–H groups in total. The first-order valence-corrected chi connectivity index (χ1v) is 12.7. The lowest BCUT2D eigenvalue weighted by Crippen LogP contribution is -2.32. The van der Waals surface area contributed by atoms with Gasteiger partial charge in [0.2, 0.25) is 5.91 Å². The molecule has 212 valence electrons. The molecule has 1 atom stereocenters. The van der Waals surface area contributed by atoms with E-state index in [9.17, 15) is 22.8 Å². The number of Topliss-reactive ketones (excluding diaryl/α,β-unsaturated/α-hetero) is 1. The minimum Gasteiger partial charge on any atom is -0.475 e. The van der Waals surface area contributed by atoms with E-state index < -0.39 is 12.1 Å². The maximum Gasteiger partial charge on any atom is 0.490 e. The zero-order chi connectivity index (χ0) is 28.8. The number of hydrogen-bond donors (Lipinski definition) is 3. The Morgan fingerprint density at radius 2 is 1.77 bits per heavy atom. The van der Waals surface area contributed by atoms with Crippen LogP contribution in [0.15, 0.2) is 48.7 Å². The van der Waals surface area contributed by atoms with Gasteiger partial charge in [0.05, 0.1) is 24.4 Å². The van der Waals surface area contributed by atoms with Crippen LogP contribution in [0, 0.1) is 0 Å². The molecule has 1 amide bonds. The lowest BCUT2D eigenvalue weighted by Gasteiger charge is -2.15. The van der Waals surface area contributed by atoms with E-state index in [1.807, 2.05) is 19.1 Å². The van der Waals surface area contributed by atoms with Crippen LogP contribution in [-0.4, -0.2) is 59.2 Å². The molecule has 0 aliphatic rings. The number of carboxylic acid groups (broad SMARTS) is 1. The number of amides is 1. The number of rotatable bonds is 13. The maximum absolute atomic E-state index is 12.9. The highest BCUT2D eigenvalue weighted by Gasteiger charge is 2.38. The van der Waals surface area contributed by atoms with Crippen LogP contribution in [0.2, 0.25) is 0 Å². The number of ketones is 1. The fraction of sp³-hybridized carbons (Fsp3) is 0.429. The van der Waals surface area contributed by atoms with Crippen LogP contribution in [0.3, 0.4) is 0 Å². The number of H-pyrrole nitrogens is 1. The molecular weight excluding hydrogens is 515 g/mol. The van der Waals surface area contributed by atoms with E-state index >= 15 is 0 Å². The lowest BCUT2D eigenvalue weighted by molar-refractivity contribution is -0.192. The number of halogens is 3. The zero-order valence-corrected chi connectivity index (χ0v) is 22.0. The number of aliphatic carboxylic acids is 1. The van der Waals surface area contributed by atoms with Crippen molar-refractivity contribution in [3.63, 3.8) is 0 Å². The van der Waals surface area contributed by atoms with Gasteiger partial charge in [-0.15, -0.1) is 0 Å². The van der Waals surface area contributed by atoms with Gasteiger partial charge in [-0.1, -0.05) is 56.2 Å². The number of carboxylic acids is 1. The monoisotopic (exact) mass is 549 g/mol. The predicted molar refractivity (Wildman–Crippen MR) is 141 cm³/mol. The summed E-state index contributed by atoms with van der Waals surface area (Å²) >= 11 is 0. The normalized spacial score (nSPS) is 11.9. The van der Waals surface area contributed by atoms with Crippen molar-refractivity contribution in [2.75, 3.05) is 20.3 Å². The molecule has 0 saturated carbocycles. The second kappa shape index (κ2) is 15.6. The molecule has 3 rings (SSSR count). The number of aromatic amines is 1. The summed E-state index contributed by atoms with van der Waals surface area (Å²) in [5, 5.41) is 12.4. The smallest absolute Gasteiger partial charge is 0.475 e. The van der Waals surface area contributed by atoms with Gasteiger partial charge in [-0.25, -0.2) is 9.78 Å². The van der Waals surface area contributed by atoms with E-state index in [1.54, 1.807) is 13.3 Å². The van der Waals surface area contributed by atoms with Crippen molar-refractivity contribution in [2.45, 2.75) is 57.5 Å². The Balaban J connectivity index is 0.000000673. The van der Waals surface area contributed by atoms with Crippen molar-refractivity contribution < 1.29 is 37.4 Å². The van der Waals surface area contributed by atoms with Gasteiger partial charge in [-0.2, -0.15) is 13.2 Å². The first-order chi connectivity index (χ1) is 18.6. The van der Waals surface area contributed by atoms with Crippen LogP contribution in [0.5, 0.6) is 0 Å². The standard InChI is InChI=1S/C26H33N3O3.C2HF3O2/c1-3-22(30)11-5-4-6-12-23(26(31)27-15-16-32-2)25-28-18-24(29-25)21-14-13-19-9-7-8-10-20(19)17-21;3-2(4,5)1(6)7/h7-10,13-14,17-18,23H,3-6,11-12,15-16H2,1-2H3,(H,27,31)(H,28,29);(H,6,7). The van der Waals surface area contributed by atoms with Gasteiger partial charge in [-0.3, -0.25) is 9.59 Å². The summed E-state index contributed by atoms with van der Waals surface area (Å²) in [7, 11) is 1.61. The van der Waals surface area contributed by atoms with Crippen LogP contribution in [0.1, 0.15) is 57.2 Å². The topological polar surface area (TPSA) is 121 Å². The Kier molecular flexibility index (Phi) is 12.6. The first-order valence-electron chi connectivity index (χ1n) is 12.7. The summed E-state index contributed by atoms with van der Waals surface area (Å²) in [5.74, 6) is -2.20. The van der Waals surface area contributed by atoms with Gasteiger partial charge in [0, 0.05) is 32.1 Å². The number of methoxy groups -OCH3 is 1. The van der Waals surface area contributed by atoms with Crippen molar-refractivity contribution in [2.24, 2.45) is 0 Å². The molecule has 1 unspecified atom stereocenters. The molecule has 0 spiro atoms. The van der Waals surface area contributed by atoms with E-state index in [4.69, 9.17) is 14.6 Å². The van der Waals surface area contributed by atoms with Crippen LogP contribution in [-0.2, 0) is 19.1 Å². The number of unbranched alkanes of at least 4 members (excludes halogenated alkanes) is 2. The summed E-state index contributed by atoms with van der Waals surface area (Å²) in [6.45, 7) is 2.83. The molecule has 0 radical (unpaired) electrons. The second-order valence-electron chi connectivity index (χ2n) is 8.87. The Labute approximate surface area is 225 Å². The number of alkyl halides is 3. The third kappa shape index (κ3) is 10.5. The molecule has 2 aromatic carbocycles. The van der Waals surface area contributed by atoms with Gasteiger partial charge in [0.25, 0.3) is 0 Å². The number of carbonyl (C=O) groups excluding carboxylic acids is 2. The minimum absolute atomic E-state index is 0.0499. The highest BCUT2D eigenvalue weighted by molar-refractivity contribution is 5.87. The highest BCUT2D eigenvalue weighted by atomic mass is 19.4. The van der Waals surface area contributed by atoms with Crippen LogP contribution in [0.25, 0.3) is 22.0 Å². The average molecular weight is 550 g/mol. The Bertz CT molecular complexity index is 1230. The summed E-state index contributed by atoms with van der Waals surface area (Å²) in [6, 6.07) is 14.5. The lowest BCUT2D eigenvalue weighted by atomic mass is 9.98. The predicted octanol–water partition coefficient (Wildman–Crippen LogP) is 5.64. The molecule has 11 heteroatoms. The number of hydrogen-bond acceptors (Lipinski definition) is 5. The molecule has 3 aromatic rings. The van der Waals surface area contributed by atoms with E-state index in [1.165, 1.54) is 5.39 Å². The molecule has 0 aliphatic carbocycles.